The van der Waals surface area contributed by atoms with Crippen LogP contribution in [0.2, 0.25) is 0 Å². The van der Waals surface area contributed by atoms with Crippen molar-refractivity contribution in [3.05, 3.63) is 29.6 Å². The molecule has 13 heavy (non-hydrogen) atoms. The highest BCUT2D eigenvalue weighted by Gasteiger charge is 2.09. The molecule has 0 bridgehead atoms. The molecule has 0 heterocycles. The van der Waals surface area contributed by atoms with Gasteiger partial charge in [-0.1, -0.05) is 0 Å². The number of halogens is 1. The molecule has 1 rings (SSSR count). The second-order valence-electron chi connectivity index (χ2n) is 2.73. The van der Waals surface area contributed by atoms with Gasteiger partial charge in [0.15, 0.2) is 9.84 Å². The molecule has 0 unspecified atom stereocenters. The van der Waals surface area contributed by atoms with Crippen molar-refractivity contribution in [1.82, 2.24) is 0 Å². The van der Waals surface area contributed by atoms with Crippen LogP contribution in [0.4, 0.5) is 4.39 Å². The summed E-state index contributed by atoms with van der Waals surface area (Å²) in [6.45, 7) is -0.00477. The van der Waals surface area contributed by atoms with Gasteiger partial charge in [0.1, 0.15) is 5.82 Å². The van der Waals surface area contributed by atoms with Crippen LogP contribution >= 0.6 is 0 Å². The van der Waals surface area contributed by atoms with Gasteiger partial charge in [-0.05, 0) is 18.2 Å². The Morgan fingerprint density at radius 2 is 2.08 bits per heavy atom. The van der Waals surface area contributed by atoms with Crippen molar-refractivity contribution in [3.8, 4) is 0 Å². The molecule has 0 radical (unpaired) electrons. The van der Waals surface area contributed by atoms with E-state index in [4.69, 9.17) is 5.73 Å². The molecule has 0 aliphatic heterocycles. The maximum absolute atomic E-state index is 12.9. The molecule has 0 saturated carbocycles. The average Bonchev–Trinajstić information content (AvgIpc) is 2.03. The van der Waals surface area contributed by atoms with Crippen molar-refractivity contribution in [2.45, 2.75) is 11.4 Å². The summed E-state index contributed by atoms with van der Waals surface area (Å²) >= 11 is 0. The molecule has 3 nitrogen and oxygen atoms in total. The fourth-order valence-corrected chi connectivity index (χ4v) is 1.61. The normalized spacial score (nSPS) is 11.6. The lowest BCUT2D eigenvalue weighted by atomic mass is 10.2. The van der Waals surface area contributed by atoms with Gasteiger partial charge >= 0.3 is 0 Å². The Morgan fingerprint density at radius 1 is 1.46 bits per heavy atom. The molecule has 5 heteroatoms. The number of nitrogens with two attached hydrogens (primary N) is 1. The lowest BCUT2D eigenvalue weighted by Crippen LogP contribution is -2.03. The molecule has 0 aromatic heterocycles. The highest BCUT2D eigenvalue weighted by molar-refractivity contribution is 7.90. The third-order valence-corrected chi connectivity index (χ3v) is 2.78. The Bertz CT molecular complexity index is 414. The number of hydrogen-bond acceptors (Lipinski definition) is 3. The van der Waals surface area contributed by atoms with Crippen molar-refractivity contribution >= 4 is 9.84 Å². The molecule has 0 atom stereocenters. The number of sulfone groups is 1. The molecular weight excluding hydrogens is 193 g/mol. The highest BCUT2D eigenvalue weighted by Crippen LogP contribution is 2.14. The third-order valence-electron chi connectivity index (χ3n) is 1.67. The molecule has 0 aliphatic carbocycles. The van der Waals surface area contributed by atoms with Gasteiger partial charge in [0, 0.05) is 18.4 Å². The van der Waals surface area contributed by atoms with Crippen LogP contribution in [0.5, 0.6) is 0 Å². The van der Waals surface area contributed by atoms with Crippen LogP contribution in [0.1, 0.15) is 5.56 Å². The summed E-state index contributed by atoms with van der Waals surface area (Å²) in [5, 5.41) is 0. The Morgan fingerprint density at radius 3 is 2.54 bits per heavy atom. The van der Waals surface area contributed by atoms with Crippen molar-refractivity contribution in [2.24, 2.45) is 5.73 Å². The number of benzene rings is 1. The standard InChI is InChI=1S/C8H10FNO2S/c1-13(11,12)7-2-3-8(9)6(4-7)5-10/h2-4H,5,10H2,1H3. The minimum atomic E-state index is -3.27. The van der Waals surface area contributed by atoms with Crippen molar-refractivity contribution in [1.29, 1.82) is 0 Å². The maximum atomic E-state index is 12.9. The summed E-state index contributed by atoms with van der Waals surface area (Å²) in [7, 11) is -3.27. The minimum Gasteiger partial charge on any atom is -0.326 e. The molecule has 0 aliphatic rings. The topological polar surface area (TPSA) is 60.2 Å². The van der Waals surface area contributed by atoms with E-state index in [2.05, 4.69) is 0 Å². The first-order valence-electron chi connectivity index (χ1n) is 3.63. The van der Waals surface area contributed by atoms with Gasteiger partial charge in [-0.3, -0.25) is 0 Å². The molecule has 2 N–H and O–H groups in total. The van der Waals surface area contributed by atoms with Gasteiger partial charge < -0.3 is 5.73 Å². The summed E-state index contributed by atoms with van der Waals surface area (Å²) in [4.78, 5) is 0.0920. The second kappa shape index (κ2) is 3.43. The first-order chi connectivity index (χ1) is 5.95. The lowest BCUT2D eigenvalue weighted by molar-refractivity contribution is 0.597. The molecule has 0 saturated heterocycles. The third kappa shape index (κ3) is 2.26. The van der Waals surface area contributed by atoms with E-state index in [1.54, 1.807) is 0 Å². The molecule has 1 aromatic rings. The minimum absolute atomic E-state index is 0.00477. The van der Waals surface area contributed by atoms with Crippen LogP contribution < -0.4 is 5.73 Å². The van der Waals surface area contributed by atoms with Crippen LogP contribution in [0.25, 0.3) is 0 Å². The SMILES string of the molecule is CS(=O)(=O)c1ccc(F)c(CN)c1. The predicted octanol–water partition coefficient (Wildman–Crippen LogP) is 0.688. The summed E-state index contributed by atoms with van der Waals surface area (Å²) < 4.78 is 35.0. The zero-order valence-corrected chi connectivity index (χ0v) is 7.94. The molecular formula is C8H10FNO2S. The first kappa shape index (κ1) is 10.1. The molecule has 72 valence electrons. The zero-order chi connectivity index (χ0) is 10.1. The van der Waals surface area contributed by atoms with E-state index in [0.29, 0.717) is 0 Å². The van der Waals surface area contributed by atoms with Gasteiger partial charge in [-0.15, -0.1) is 0 Å². The van der Waals surface area contributed by atoms with Crippen molar-refractivity contribution in [3.63, 3.8) is 0 Å². The lowest BCUT2D eigenvalue weighted by Gasteiger charge is -2.02. The Labute approximate surface area is 76.3 Å². The van der Waals surface area contributed by atoms with E-state index >= 15 is 0 Å². The number of rotatable bonds is 2. The van der Waals surface area contributed by atoms with Gasteiger partial charge in [-0.25, -0.2) is 12.8 Å². The van der Waals surface area contributed by atoms with E-state index in [1.807, 2.05) is 0 Å². The van der Waals surface area contributed by atoms with E-state index in [9.17, 15) is 12.8 Å². The summed E-state index contributed by atoms with van der Waals surface area (Å²) in [5.74, 6) is -0.477. The van der Waals surface area contributed by atoms with Crippen LogP contribution in [-0.4, -0.2) is 14.7 Å². The van der Waals surface area contributed by atoms with Crippen molar-refractivity contribution in [2.75, 3.05) is 6.26 Å². The largest absolute Gasteiger partial charge is 0.326 e. The van der Waals surface area contributed by atoms with E-state index in [0.717, 1.165) is 12.3 Å². The molecule has 1 aromatic carbocycles. The second-order valence-corrected chi connectivity index (χ2v) is 4.75. The zero-order valence-electron chi connectivity index (χ0n) is 7.12. The van der Waals surface area contributed by atoms with Crippen molar-refractivity contribution < 1.29 is 12.8 Å². The average molecular weight is 203 g/mol. The van der Waals surface area contributed by atoms with E-state index in [-0.39, 0.29) is 17.0 Å². The smallest absolute Gasteiger partial charge is 0.175 e. The molecule has 0 fully saturated rings. The monoisotopic (exact) mass is 203 g/mol. The first-order valence-corrected chi connectivity index (χ1v) is 5.53. The van der Waals surface area contributed by atoms with Gasteiger partial charge in [0.25, 0.3) is 0 Å². The fourth-order valence-electron chi connectivity index (χ4n) is 0.938. The predicted molar refractivity (Wildman–Crippen MR) is 47.4 cm³/mol. The van der Waals surface area contributed by atoms with Gasteiger partial charge in [0.2, 0.25) is 0 Å². The van der Waals surface area contributed by atoms with E-state index < -0.39 is 15.7 Å². The van der Waals surface area contributed by atoms with Gasteiger partial charge in [-0.2, -0.15) is 0 Å². The van der Waals surface area contributed by atoms with Crippen LogP contribution in [0.3, 0.4) is 0 Å². The number of hydrogen-bond donors (Lipinski definition) is 1. The van der Waals surface area contributed by atoms with Gasteiger partial charge in [0.05, 0.1) is 4.90 Å². The fraction of sp³-hybridized carbons (Fsp3) is 0.250. The quantitative estimate of drug-likeness (QED) is 0.719. The maximum Gasteiger partial charge on any atom is 0.175 e. The Kier molecular flexibility index (Phi) is 2.68. The summed E-state index contributed by atoms with van der Waals surface area (Å²) in [6.07, 6.45) is 1.07. The summed E-state index contributed by atoms with van der Waals surface area (Å²) in [5.41, 5.74) is 5.44. The summed E-state index contributed by atoms with van der Waals surface area (Å²) in [6, 6.07) is 3.59. The highest BCUT2D eigenvalue weighted by atomic mass is 32.2. The van der Waals surface area contributed by atoms with Crippen LogP contribution in [0.15, 0.2) is 23.1 Å². The van der Waals surface area contributed by atoms with Crippen LogP contribution in [0, 0.1) is 5.82 Å². The molecule has 0 amide bonds. The Balaban J connectivity index is 3.30. The Hall–Kier alpha value is -0.940. The van der Waals surface area contributed by atoms with E-state index in [1.165, 1.54) is 12.1 Å². The molecule has 0 spiro atoms. The van der Waals surface area contributed by atoms with Crippen LogP contribution in [-0.2, 0) is 16.4 Å².